The molecule has 42 heavy (non-hydrogen) atoms. The van der Waals surface area contributed by atoms with E-state index in [2.05, 4.69) is 0 Å². The maximum Gasteiger partial charge on any atom is 0.435 e. The molecular formula is C30H44F2NO8S+. The van der Waals surface area contributed by atoms with Crippen LogP contribution in [0.1, 0.15) is 67.7 Å². The van der Waals surface area contributed by atoms with Gasteiger partial charge in [-0.1, -0.05) is 13.0 Å². The number of halogens is 2. The Hall–Kier alpha value is -1.57. The van der Waals surface area contributed by atoms with E-state index in [1.807, 2.05) is 0 Å². The molecule has 5 rings (SSSR count). The Morgan fingerprint density at radius 1 is 1.12 bits per heavy atom. The smallest absolute Gasteiger partial charge is 0.390 e. The number of allylic oxidation sites excluding steroid dienone is 4. The van der Waals surface area contributed by atoms with E-state index in [9.17, 15) is 23.1 Å². The lowest BCUT2D eigenvalue weighted by molar-refractivity contribution is -0.805. The fraction of sp³-hybridized carbons (Fsp3) is 0.800. The lowest BCUT2D eigenvalue weighted by Crippen LogP contribution is -2.71. The molecule has 0 bridgehead atoms. The van der Waals surface area contributed by atoms with Crippen LogP contribution in [0.15, 0.2) is 23.8 Å². The summed E-state index contributed by atoms with van der Waals surface area (Å²) >= 11 is 0. The van der Waals surface area contributed by atoms with Gasteiger partial charge in [-0.25, -0.2) is 13.0 Å². The Labute approximate surface area is 247 Å². The molecule has 0 radical (unpaired) electrons. The minimum absolute atomic E-state index is 0.0111. The summed E-state index contributed by atoms with van der Waals surface area (Å²) in [4.78, 5) is 26.4. The van der Waals surface area contributed by atoms with Crippen molar-refractivity contribution in [1.29, 1.82) is 0 Å². The van der Waals surface area contributed by atoms with Gasteiger partial charge in [-0.05, 0) is 84.4 Å². The number of hydrogen-bond acceptors (Lipinski definition) is 8. The van der Waals surface area contributed by atoms with E-state index in [-0.39, 0.29) is 48.4 Å². The molecule has 0 amide bonds. The fourth-order valence-electron chi connectivity index (χ4n) is 9.29. The number of hydrogen-bond donors (Lipinski definition) is 1. The van der Waals surface area contributed by atoms with Crippen molar-refractivity contribution in [2.75, 3.05) is 26.2 Å². The van der Waals surface area contributed by atoms with Gasteiger partial charge in [0.15, 0.2) is 28.6 Å². The van der Waals surface area contributed by atoms with Gasteiger partial charge < -0.3 is 14.6 Å². The van der Waals surface area contributed by atoms with Crippen LogP contribution >= 0.6 is 0 Å². The van der Waals surface area contributed by atoms with Crippen LogP contribution in [0.3, 0.4) is 0 Å². The molecule has 236 valence electrons. The molecule has 1 saturated heterocycles. The third kappa shape index (κ3) is 3.84. The molecule has 0 aromatic carbocycles. The van der Waals surface area contributed by atoms with Crippen molar-refractivity contribution in [1.82, 2.24) is 0 Å². The second-order valence-corrected chi connectivity index (χ2v) is 15.4. The van der Waals surface area contributed by atoms with Crippen LogP contribution < -0.4 is 0 Å². The summed E-state index contributed by atoms with van der Waals surface area (Å²) in [5.41, 5.74) is -6.90. The summed E-state index contributed by atoms with van der Waals surface area (Å²) in [5.74, 6) is -4.04. The summed E-state index contributed by atoms with van der Waals surface area (Å²) in [6.45, 7) is 11.6. The van der Waals surface area contributed by atoms with E-state index in [0.717, 1.165) is 6.08 Å². The van der Waals surface area contributed by atoms with E-state index < -0.39 is 86.6 Å². The lowest BCUT2D eigenvalue weighted by atomic mass is 9.44. The van der Waals surface area contributed by atoms with E-state index in [0.29, 0.717) is 0 Å². The molecular weight excluding hydrogens is 572 g/mol. The molecule has 4 fully saturated rings. The van der Waals surface area contributed by atoms with Gasteiger partial charge in [0.05, 0.1) is 31.8 Å². The van der Waals surface area contributed by atoms with Gasteiger partial charge in [-0.2, -0.15) is 3.89 Å². The molecule has 12 heteroatoms. The lowest BCUT2D eigenvalue weighted by Gasteiger charge is -2.63. The van der Waals surface area contributed by atoms with Crippen LogP contribution in [0.5, 0.6) is 0 Å². The molecule has 0 aromatic heterocycles. The van der Waals surface area contributed by atoms with Crippen LogP contribution in [0.2, 0.25) is 0 Å². The summed E-state index contributed by atoms with van der Waals surface area (Å²) in [5, 5.41) is 11.7. The number of ketones is 2. The number of aliphatic hydroxyl groups is 1. The molecule has 4 aliphatic carbocycles. The summed E-state index contributed by atoms with van der Waals surface area (Å²) in [7, 11) is -4.22. The Bertz CT molecular complexity index is 1340. The van der Waals surface area contributed by atoms with Crippen LogP contribution in [0, 0.1) is 22.7 Å². The van der Waals surface area contributed by atoms with Crippen LogP contribution in [0.25, 0.3) is 0 Å². The molecule has 1 aliphatic heterocycles. The van der Waals surface area contributed by atoms with Crippen LogP contribution in [0.4, 0.5) is 8.78 Å². The SMILES string of the molecule is CC[N+](CC)(CC)S(=O)(=O)OCC(=O)[C@@]12OC(C)(C)O[C@@H]1CC1C3C[C@H](F)C4=CC(=O)C=C[C@]4(C)[C@@]3(F)[C@@H](O)C[C@@]12C. The normalized spacial score (nSPS) is 44.2. The molecule has 1 heterocycles. The summed E-state index contributed by atoms with van der Waals surface area (Å²) in [6.07, 6.45) is -0.837. The minimum Gasteiger partial charge on any atom is -0.390 e. The fourth-order valence-corrected chi connectivity index (χ4v) is 10.7. The van der Waals surface area contributed by atoms with Crippen molar-refractivity contribution in [3.63, 3.8) is 0 Å². The van der Waals surface area contributed by atoms with Gasteiger partial charge in [0, 0.05) is 16.7 Å². The highest BCUT2D eigenvalue weighted by molar-refractivity contribution is 7.81. The van der Waals surface area contributed by atoms with Crippen molar-refractivity contribution >= 4 is 21.9 Å². The third-order valence-corrected chi connectivity index (χ3v) is 13.7. The van der Waals surface area contributed by atoms with Gasteiger partial charge in [-0.3, -0.25) is 9.59 Å². The number of Topliss-reactive ketones (excluding diaryl/α,β-unsaturated/α-hetero) is 1. The highest BCUT2D eigenvalue weighted by Gasteiger charge is 2.80. The highest BCUT2D eigenvalue weighted by atomic mass is 32.2. The first-order valence-corrected chi connectivity index (χ1v) is 16.3. The first kappa shape index (κ1) is 31.8. The summed E-state index contributed by atoms with van der Waals surface area (Å²) < 4.78 is 77.7. The van der Waals surface area contributed by atoms with Gasteiger partial charge in [0.2, 0.25) is 0 Å². The first-order valence-electron chi connectivity index (χ1n) is 15.0. The van der Waals surface area contributed by atoms with Gasteiger partial charge in [-0.15, -0.1) is 8.42 Å². The van der Waals surface area contributed by atoms with Crippen LogP contribution in [-0.2, 0) is 33.6 Å². The molecule has 1 N–H and O–H groups in total. The van der Waals surface area contributed by atoms with Crippen molar-refractivity contribution in [3.8, 4) is 0 Å². The highest BCUT2D eigenvalue weighted by Crippen LogP contribution is 2.72. The Morgan fingerprint density at radius 3 is 2.33 bits per heavy atom. The minimum atomic E-state index is -4.22. The standard InChI is InChI=1S/C30H44F2NO8S/c1-8-33(9-2,10-3)42(37,38)39-17-24(36)30-25(40-26(4,5)41-30)15-19-20-14-22(31)21-13-18(34)11-12-27(21,6)29(20,32)23(35)16-28(19,30)7/h11-13,19-20,22-23,25,35H,8-10,14-17H2,1-7H3/q+1/t19?,20?,22-,23-,25+,27-,28-,29-,30+/m0/s1. The maximum absolute atomic E-state index is 17.6. The number of alkyl halides is 2. The van der Waals surface area contributed by atoms with Crippen molar-refractivity contribution in [2.45, 2.75) is 103 Å². The zero-order chi connectivity index (χ0) is 31.3. The van der Waals surface area contributed by atoms with Crippen molar-refractivity contribution < 1.29 is 49.4 Å². The van der Waals surface area contributed by atoms with Crippen molar-refractivity contribution in [2.24, 2.45) is 22.7 Å². The third-order valence-electron chi connectivity index (χ3n) is 11.6. The predicted molar refractivity (Wildman–Crippen MR) is 149 cm³/mol. The molecule has 0 aromatic rings. The number of fused-ring (bicyclic) bond motifs is 7. The second kappa shape index (κ2) is 9.71. The molecule has 5 aliphatic rings. The molecule has 2 unspecified atom stereocenters. The first-order chi connectivity index (χ1) is 19.3. The van der Waals surface area contributed by atoms with Gasteiger partial charge in [0.25, 0.3) is 0 Å². The quantitative estimate of drug-likeness (QED) is 0.412. The Balaban J connectivity index is 1.55. The Kier molecular flexibility index (Phi) is 7.36. The second-order valence-electron chi connectivity index (χ2n) is 13.6. The number of rotatable bonds is 8. The van der Waals surface area contributed by atoms with Crippen LogP contribution in [-0.4, -0.2) is 90.7 Å². The van der Waals surface area contributed by atoms with E-state index in [1.54, 1.807) is 41.5 Å². The number of quaternary nitrogens is 1. The summed E-state index contributed by atoms with van der Waals surface area (Å²) in [6, 6.07) is 0. The Morgan fingerprint density at radius 2 is 1.74 bits per heavy atom. The van der Waals surface area contributed by atoms with Crippen molar-refractivity contribution in [3.05, 3.63) is 23.8 Å². The van der Waals surface area contributed by atoms with Gasteiger partial charge in [0.1, 0.15) is 12.8 Å². The zero-order valence-electron chi connectivity index (χ0n) is 25.5. The van der Waals surface area contributed by atoms with E-state index in [1.165, 1.54) is 19.1 Å². The molecule has 9 atom stereocenters. The predicted octanol–water partition coefficient (Wildman–Crippen LogP) is 3.51. The van der Waals surface area contributed by atoms with Gasteiger partial charge >= 0.3 is 10.3 Å². The average Bonchev–Trinajstić information content (AvgIpc) is 3.32. The zero-order valence-corrected chi connectivity index (χ0v) is 26.3. The number of nitrogens with zero attached hydrogens (tertiary/aromatic N) is 1. The number of carbonyl (C=O) groups is 2. The topological polar surface area (TPSA) is 116 Å². The molecule has 3 saturated carbocycles. The number of carbonyl (C=O) groups excluding carboxylic acids is 2. The monoisotopic (exact) mass is 616 g/mol. The maximum atomic E-state index is 17.6. The molecule has 0 spiro atoms. The van der Waals surface area contributed by atoms with E-state index in [4.69, 9.17) is 13.7 Å². The largest absolute Gasteiger partial charge is 0.435 e. The number of aliphatic hydroxyl groups excluding tert-OH is 1. The average molecular weight is 617 g/mol. The molecule has 9 nitrogen and oxygen atoms in total. The van der Waals surface area contributed by atoms with E-state index >= 15 is 8.78 Å². The number of ether oxygens (including phenoxy) is 2.